The molecule has 0 N–H and O–H groups in total. The van der Waals surface area contributed by atoms with Crippen LogP contribution in [0.2, 0.25) is 0 Å². The summed E-state index contributed by atoms with van der Waals surface area (Å²) in [7, 11) is 0. The first-order chi connectivity index (χ1) is 5.93. The second-order valence-corrected chi connectivity index (χ2v) is 3.13. The molecular weight excluding hydrogens is 148 g/mol. The topological polar surface area (TPSA) is 13.1 Å². The minimum absolute atomic E-state index is 0.448. The summed E-state index contributed by atoms with van der Waals surface area (Å²) < 4.78 is 5.32. The number of fused-ring (bicyclic) bond motifs is 2. The Labute approximate surface area is 70.0 Å². The molecule has 1 aromatic heterocycles. The molecular formula is C11H8O. The van der Waals surface area contributed by atoms with Crippen molar-refractivity contribution in [2.24, 2.45) is 5.92 Å². The van der Waals surface area contributed by atoms with E-state index in [1.807, 2.05) is 6.07 Å². The van der Waals surface area contributed by atoms with Crippen LogP contribution in [0, 0.1) is 5.92 Å². The molecule has 1 heteroatoms. The van der Waals surface area contributed by atoms with Gasteiger partial charge in [-0.25, -0.2) is 0 Å². The molecule has 0 radical (unpaired) electrons. The molecule has 1 unspecified atom stereocenters. The number of rotatable bonds is 0. The third-order valence-electron chi connectivity index (χ3n) is 2.37. The summed E-state index contributed by atoms with van der Waals surface area (Å²) in [5, 5.41) is 1.20. The predicted molar refractivity (Wildman–Crippen MR) is 47.6 cm³/mol. The molecule has 1 nitrogen and oxygen atoms in total. The van der Waals surface area contributed by atoms with Gasteiger partial charge >= 0.3 is 0 Å². The first kappa shape index (κ1) is 6.06. The lowest BCUT2D eigenvalue weighted by molar-refractivity contribution is 0.527. The summed E-state index contributed by atoms with van der Waals surface area (Å²) in [6.45, 7) is 0. The summed E-state index contributed by atoms with van der Waals surface area (Å²) in [6.07, 6.45) is 12.5. The van der Waals surface area contributed by atoms with E-state index in [0.717, 1.165) is 5.42 Å². The Morgan fingerprint density at radius 2 is 2.33 bits per heavy atom. The van der Waals surface area contributed by atoms with E-state index in [0.29, 0.717) is 5.92 Å². The molecule has 1 atom stereocenters. The number of hydrogen-bond acceptors (Lipinski definition) is 1. The molecule has 0 saturated carbocycles. The van der Waals surface area contributed by atoms with Crippen LogP contribution in [-0.2, 0) is 0 Å². The average molecular weight is 156 g/mol. The Morgan fingerprint density at radius 1 is 1.33 bits per heavy atom. The molecule has 1 aromatic rings. The maximum Gasteiger partial charge on any atom is 0.130 e. The van der Waals surface area contributed by atoms with Crippen LogP contribution in [0.15, 0.2) is 40.5 Å². The predicted octanol–water partition coefficient (Wildman–Crippen LogP) is 0.967. The highest BCUT2D eigenvalue weighted by Crippen LogP contribution is 2.22. The van der Waals surface area contributed by atoms with E-state index in [9.17, 15) is 0 Å². The van der Waals surface area contributed by atoms with Crippen molar-refractivity contribution in [3.63, 3.8) is 0 Å². The standard InChI is InChI=1S/C11H8O/c1-2-8-6-10-4-5-12-11(10)7-9(8)3-1/h1-7,9H. The van der Waals surface area contributed by atoms with Crippen molar-refractivity contribution < 1.29 is 4.42 Å². The lowest BCUT2D eigenvalue weighted by atomic mass is 9.98. The number of furan rings is 1. The number of allylic oxidation sites excluding steroid dienone is 4. The molecule has 0 bridgehead atoms. The summed E-state index contributed by atoms with van der Waals surface area (Å²) in [5.74, 6) is 0.448. The van der Waals surface area contributed by atoms with Crippen LogP contribution >= 0.6 is 0 Å². The zero-order valence-corrected chi connectivity index (χ0v) is 6.53. The minimum atomic E-state index is 0.448. The molecule has 3 rings (SSSR count). The Balaban J connectivity index is 2.39. The van der Waals surface area contributed by atoms with Gasteiger partial charge in [0.1, 0.15) is 5.42 Å². The molecule has 0 amide bonds. The van der Waals surface area contributed by atoms with Crippen molar-refractivity contribution in [3.05, 3.63) is 46.8 Å². The fraction of sp³-hybridized carbons (Fsp3) is 0.0909. The minimum Gasteiger partial charge on any atom is -0.465 e. The van der Waals surface area contributed by atoms with Crippen molar-refractivity contribution >= 4 is 12.2 Å². The molecule has 0 aliphatic heterocycles. The summed E-state index contributed by atoms with van der Waals surface area (Å²) in [6, 6.07) is 2.00. The van der Waals surface area contributed by atoms with Crippen molar-refractivity contribution in [1.29, 1.82) is 0 Å². The SMILES string of the molecule is C1=CC2C=c3occc3=CC2=C1. The van der Waals surface area contributed by atoms with Crippen LogP contribution in [-0.4, -0.2) is 0 Å². The van der Waals surface area contributed by atoms with Crippen LogP contribution < -0.4 is 10.6 Å². The Morgan fingerprint density at radius 3 is 3.33 bits per heavy atom. The normalized spacial score (nSPS) is 23.7. The van der Waals surface area contributed by atoms with Crippen molar-refractivity contribution in [3.8, 4) is 0 Å². The molecule has 58 valence electrons. The van der Waals surface area contributed by atoms with Crippen molar-refractivity contribution in [2.45, 2.75) is 0 Å². The van der Waals surface area contributed by atoms with Gasteiger partial charge in [0.25, 0.3) is 0 Å². The van der Waals surface area contributed by atoms with E-state index < -0.39 is 0 Å². The lowest BCUT2D eigenvalue weighted by Crippen LogP contribution is -2.24. The number of hydrogen-bond donors (Lipinski definition) is 0. The first-order valence-corrected chi connectivity index (χ1v) is 4.09. The quantitative estimate of drug-likeness (QED) is 0.545. The van der Waals surface area contributed by atoms with Gasteiger partial charge < -0.3 is 4.42 Å². The maximum absolute atomic E-state index is 5.32. The van der Waals surface area contributed by atoms with E-state index in [2.05, 4.69) is 30.4 Å². The fourth-order valence-corrected chi connectivity index (χ4v) is 1.73. The van der Waals surface area contributed by atoms with Gasteiger partial charge in [-0.2, -0.15) is 0 Å². The van der Waals surface area contributed by atoms with Gasteiger partial charge in [-0.05, 0) is 23.8 Å². The van der Waals surface area contributed by atoms with Gasteiger partial charge in [0.15, 0.2) is 0 Å². The molecule has 2 aliphatic carbocycles. The highest BCUT2D eigenvalue weighted by molar-refractivity contribution is 5.62. The summed E-state index contributed by atoms with van der Waals surface area (Å²) in [4.78, 5) is 0. The van der Waals surface area contributed by atoms with E-state index in [1.165, 1.54) is 10.8 Å². The first-order valence-electron chi connectivity index (χ1n) is 4.09. The third kappa shape index (κ3) is 0.681. The smallest absolute Gasteiger partial charge is 0.130 e. The van der Waals surface area contributed by atoms with Crippen LogP contribution in [0.5, 0.6) is 0 Å². The molecule has 2 aliphatic rings. The molecule has 0 saturated heterocycles. The van der Waals surface area contributed by atoms with E-state index in [1.54, 1.807) is 6.26 Å². The van der Waals surface area contributed by atoms with E-state index >= 15 is 0 Å². The van der Waals surface area contributed by atoms with Crippen LogP contribution in [0.3, 0.4) is 0 Å². The van der Waals surface area contributed by atoms with Gasteiger partial charge in [-0.15, -0.1) is 0 Å². The molecule has 0 fully saturated rings. The second-order valence-electron chi connectivity index (χ2n) is 3.13. The third-order valence-corrected chi connectivity index (χ3v) is 2.37. The monoisotopic (exact) mass is 156 g/mol. The summed E-state index contributed by atoms with van der Waals surface area (Å²) >= 11 is 0. The van der Waals surface area contributed by atoms with Gasteiger partial charge in [0, 0.05) is 11.1 Å². The largest absolute Gasteiger partial charge is 0.465 e. The lowest BCUT2D eigenvalue weighted by Gasteiger charge is -2.06. The molecule has 1 heterocycles. The average Bonchev–Trinajstić information content (AvgIpc) is 2.64. The fourth-order valence-electron chi connectivity index (χ4n) is 1.73. The van der Waals surface area contributed by atoms with Crippen LogP contribution in [0.25, 0.3) is 12.2 Å². The highest BCUT2D eigenvalue weighted by atomic mass is 16.3. The zero-order chi connectivity index (χ0) is 7.97. The van der Waals surface area contributed by atoms with Gasteiger partial charge in [-0.1, -0.05) is 18.2 Å². The Bertz CT molecular complexity index is 485. The molecule has 12 heavy (non-hydrogen) atoms. The highest BCUT2D eigenvalue weighted by Gasteiger charge is 2.13. The van der Waals surface area contributed by atoms with Crippen LogP contribution in [0.1, 0.15) is 0 Å². The zero-order valence-electron chi connectivity index (χ0n) is 6.53. The van der Waals surface area contributed by atoms with E-state index in [4.69, 9.17) is 4.42 Å². The second kappa shape index (κ2) is 2.01. The molecule has 0 aromatic carbocycles. The maximum atomic E-state index is 5.32. The van der Waals surface area contributed by atoms with Gasteiger partial charge in [0.2, 0.25) is 0 Å². The van der Waals surface area contributed by atoms with Gasteiger partial charge in [0.05, 0.1) is 6.26 Å². The molecule has 0 spiro atoms. The Hall–Kier alpha value is -1.50. The Kier molecular flexibility index (Phi) is 1.01. The van der Waals surface area contributed by atoms with Crippen molar-refractivity contribution in [1.82, 2.24) is 0 Å². The van der Waals surface area contributed by atoms with Crippen LogP contribution in [0.4, 0.5) is 0 Å². The summed E-state index contributed by atoms with van der Waals surface area (Å²) in [5.41, 5.74) is 2.37. The van der Waals surface area contributed by atoms with E-state index in [-0.39, 0.29) is 0 Å². The van der Waals surface area contributed by atoms with Gasteiger partial charge in [-0.3, -0.25) is 0 Å². The van der Waals surface area contributed by atoms with Crippen molar-refractivity contribution in [2.75, 3.05) is 0 Å².